The average Bonchev–Trinajstić information content (AvgIpc) is 2.70. The molecule has 7 heteroatoms. The van der Waals surface area contributed by atoms with Crippen molar-refractivity contribution in [1.29, 1.82) is 5.26 Å². The zero-order valence-electron chi connectivity index (χ0n) is 17.6. The van der Waals surface area contributed by atoms with Gasteiger partial charge in [0.1, 0.15) is 12.1 Å². The van der Waals surface area contributed by atoms with Crippen LogP contribution in [0.2, 0.25) is 0 Å². The first-order chi connectivity index (χ1) is 13.8. The molecule has 0 aliphatic carbocycles. The first-order valence-corrected chi connectivity index (χ1v) is 10.2. The highest BCUT2D eigenvalue weighted by atomic mass is 16.5. The van der Waals surface area contributed by atoms with Gasteiger partial charge < -0.3 is 20.3 Å². The minimum absolute atomic E-state index is 0.160. The highest BCUT2D eigenvalue weighted by Gasteiger charge is 2.29. The summed E-state index contributed by atoms with van der Waals surface area (Å²) in [5, 5.41) is 15.1. The molecule has 0 saturated carbocycles. The lowest BCUT2D eigenvalue weighted by Crippen LogP contribution is -2.55. The zero-order chi connectivity index (χ0) is 21.3. The quantitative estimate of drug-likeness (QED) is 0.735. The third-order valence-electron chi connectivity index (χ3n) is 4.77. The fourth-order valence-corrected chi connectivity index (χ4v) is 3.23. The van der Waals surface area contributed by atoms with E-state index < -0.39 is 12.1 Å². The van der Waals surface area contributed by atoms with E-state index in [-0.39, 0.29) is 17.4 Å². The number of benzene rings is 1. The predicted octanol–water partition coefficient (Wildman–Crippen LogP) is 2.47. The number of ether oxygens (including phenoxy) is 1. The third-order valence-corrected chi connectivity index (χ3v) is 4.77. The van der Waals surface area contributed by atoms with E-state index in [1.807, 2.05) is 51.1 Å². The fraction of sp³-hybridized carbons (Fsp3) is 0.591. The van der Waals surface area contributed by atoms with Crippen molar-refractivity contribution in [2.45, 2.75) is 52.1 Å². The molecule has 0 bridgehead atoms. The summed E-state index contributed by atoms with van der Waals surface area (Å²) >= 11 is 0. The first kappa shape index (κ1) is 22.7. The minimum atomic E-state index is -0.696. The smallest absolute Gasteiger partial charge is 0.318 e. The second kappa shape index (κ2) is 10.8. The van der Waals surface area contributed by atoms with Crippen LogP contribution in [0.3, 0.4) is 0 Å². The van der Waals surface area contributed by atoms with Crippen molar-refractivity contribution in [1.82, 2.24) is 15.5 Å². The summed E-state index contributed by atoms with van der Waals surface area (Å²) < 4.78 is 5.28. The van der Waals surface area contributed by atoms with Gasteiger partial charge in [-0.3, -0.25) is 4.79 Å². The summed E-state index contributed by atoms with van der Waals surface area (Å²) in [4.78, 5) is 27.1. The summed E-state index contributed by atoms with van der Waals surface area (Å²) in [6.45, 7) is 8.07. The maximum absolute atomic E-state index is 12.9. The molecule has 1 heterocycles. The van der Waals surface area contributed by atoms with Crippen LogP contribution in [0.1, 0.15) is 39.2 Å². The molecule has 7 nitrogen and oxygen atoms in total. The standard InChI is InChI=1S/C22H32N4O3/c1-22(2,3)15-19(25-21(28)26-11-13-29-14-12-26)20(27)24-18(16-23)10-9-17-7-5-4-6-8-17/h4-8,18-19H,9-15H2,1-3H3,(H,24,27)(H,25,28)/t18-,19-/m0/s1. The van der Waals surface area contributed by atoms with E-state index in [4.69, 9.17) is 4.74 Å². The maximum atomic E-state index is 12.9. The molecular formula is C22H32N4O3. The molecule has 3 amide bonds. The van der Waals surface area contributed by atoms with Gasteiger partial charge in [-0.05, 0) is 30.2 Å². The van der Waals surface area contributed by atoms with Crippen molar-refractivity contribution < 1.29 is 14.3 Å². The van der Waals surface area contributed by atoms with Gasteiger partial charge in [-0.1, -0.05) is 51.1 Å². The second-order valence-electron chi connectivity index (χ2n) is 8.58. The molecule has 1 saturated heterocycles. The number of nitrogens with one attached hydrogen (secondary N) is 2. The monoisotopic (exact) mass is 400 g/mol. The summed E-state index contributed by atoms with van der Waals surface area (Å²) in [6, 6.07) is 10.5. The maximum Gasteiger partial charge on any atom is 0.318 e. The SMILES string of the molecule is CC(C)(C)C[C@H](NC(=O)N1CCOCC1)C(=O)N[C@H](C#N)CCc1ccccc1. The number of carbonyl (C=O) groups is 2. The van der Waals surface area contributed by atoms with Crippen LogP contribution in [0, 0.1) is 16.7 Å². The topological polar surface area (TPSA) is 94.5 Å². The predicted molar refractivity (Wildman–Crippen MR) is 111 cm³/mol. The molecule has 1 aliphatic heterocycles. The largest absolute Gasteiger partial charge is 0.378 e. The highest BCUT2D eigenvalue weighted by molar-refractivity contribution is 5.87. The number of urea groups is 1. The lowest BCUT2D eigenvalue weighted by Gasteiger charge is -2.31. The van der Waals surface area contributed by atoms with Crippen LogP contribution in [0.4, 0.5) is 4.79 Å². The van der Waals surface area contributed by atoms with E-state index in [2.05, 4.69) is 16.7 Å². The van der Waals surface area contributed by atoms with Crippen LogP contribution < -0.4 is 10.6 Å². The molecular weight excluding hydrogens is 368 g/mol. The number of amides is 3. The van der Waals surface area contributed by atoms with Gasteiger partial charge in [0.05, 0.1) is 19.3 Å². The average molecular weight is 401 g/mol. The van der Waals surface area contributed by atoms with Crippen LogP contribution >= 0.6 is 0 Å². The number of hydrogen-bond acceptors (Lipinski definition) is 4. The van der Waals surface area contributed by atoms with E-state index in [0.717, 1.165) is 5.56 Å². The fourth-order valence-electron chi connectivity index (χ4n) is 3.23. The van der Waals surface area contributed by atoms with E-state index >= 15 is 0 Å². The van der Waals surface area contributed by atoms with Gasteiger partial charge in [0.2, 0.25) is 5.91 Å². The molecule has 1 aromatic carbocycles. The van der Waals surface area contributed by atoms with E-state index in [9.17, 15) is 14.9 Å². The molecule has 2 rings (SSSR count). The van der Waals surface area contributed by atoms with Gasteiger partial charge in [-0.25, -0.2) is 4.79 Å². The summed E-state index contributed by atoms with van der Waals surface area (Å²) in [7, 11) is 0. The van der Waals surface area contributed by atoms with Crippen molar-refractivity contribution in [3.63, 3.8) is 0 Å². The minimum Gasteiger partial charge on any atom is -0.378 e. The number of rotatable bonds is 7. The Bertz CT molecular complexity index is 703. The number of aryl methyl sites for hydroxylation is 1. The molecule has 2 N–H and O–H groups in total. The molecule has 0 radical (unpaired) electrons. The van der Waals surface area contributed by atoms with E-state index in [1.54, 1.807) is 4.90 Å². The Morgan fingerprint density at radius 3 is 2.41 bits per heavy atom. The van der Waals surface area contributed by atoms with Crippen LogP contribution in [-0.4, -0.2) is 55.2 Å². The first-order valence-electron chi connectivity index (χ1n) is 10.2. The normalized spacial score (nSPS) is 16.4. The Hall–Kier alpha value is -2.59. The number of hydrogen-bond donors (Lipinski definition) is 2. The van der Waals surface area contributed by atoms with Gasteiger partial charge in [0.25, 0.3) is 0 Å². The van der Waals surface area contributed by atoms with Gasteiger partial charge >= 0.3 is 6.03 Å². The van der Waals surface area contributed by atoms with Crippen LogP contribution in [0.25, 0.3) is 0 Å². The molecule has 2 atom stereocenters. The Morgan fingerprint density at radius 1 is 1.17 bits per heavy atom. The molecule has 29 heavy (non-hydrogen) atoms. The third kappa shape index (κ3) is 8.12. The number of carbonyl (C=O) groups excluding carboxylic acids is 2. The molecule has 0 aromatic heterocycles. The van der Waals surface area contributed by atoms with Crippen molar-refractivity contribution in [3.8, 4) is 6.07 Å². The Kier molecular flexibility index (Phi) is 8.47. The molecule has 1 fully saturated rings. The molecule has 1 aromatic rings. The molecule has 158 valence electrons. The Morgan fingerprint density at radius 2 is 1.83 bits per heavy atom. The van der Waals surface area contributed by atoms with Crippen molar-refractivity contribution in [2.75, 3.05) is 26.3 Å². The summed E-state index contributed by atoms with van der Waals surface area (Å²) in [5.41, 5.74) is 0.959. The van der Waals surface area contributed by atoms with Crippen LogP contribution in [0.15, 0.2) is 30.3 Å². The zero-order valence-corrected chi connectivity index (χ0v) is 17.6. The highest BCUT2D eigenvalue weighted by Crippen LogP contribution is 2.21. The van der Waals surface area contributed by atoms with Crippen LogP contribution in [0.5, 0.6) is 0 Å². The van der Waals surface area contributed by atoms with Crippen LogP contribution in [-0.2, 0) is 16.0 Å². The molecule has 0 unspecified atom stereocenters. The van der Waals surface area contributed by atoms with Gasteiger partial charge in [0, 0.05) is 13.1 Å². The van der Waals surface area contributed by atoms with E-state index in [1.165, 1.54) is 0 Å². The lowest BCUT2D eigenvalue weighted by molar-refractivity contribution is -0.124. The summed E-state index contributed by atoms with van der Waals surface area (Å²) in [6.07, 6.45) is 1.70. The molecule has 0 spiro atoms. The number of nitrogens with zero attached hydrogens (tertiary/aromatic N) is 2. The van der Waals surface area contributed by atoms with Gasteiger partial charge in [0.15, 0.2) is 0 Å². The van der Waals surface area contributed by atoms with Crippen molar-refractivity contribution >= 4 is 11.9 Å². The number of morpholine rings is 1. The summed E-state index contributed by atoms with van der Waals surface area (Å²) in [5.74, 6) is -0.318. The Labute approximate surface area is 173 Å². The number of nitriles is 1. The molecule has 1 aliphatic rings. The van der Waals surface area contributed by atoms with Crippen molar-refractivity contribution in [3.05, 3.63) is 35.9 Å². The van der Waals surface area contributed by atoms with E-state index in [0.29, 0.717) is 45.6 Å². The Balaban J connectivity index is 1.97. The second-order valence-corrected chi connectivity index (χ2v) is 8.58. The van der Waals surface area contributed by atoms with Crippen molar-refractivity contribution in [2.24, 2.45) is 5.41 Å². The van der Waals surface area contributed by atoms with Gasteiger partial charge in [-0.15, -0.1) is 0 Å². The lowest BCUT2D eigenvalue weighted by atomic mass is 9.87. The van der Waals surface area contributed by atoms with Gasteiger partial charge in [-0.2, -0.15) is 5.26 Å².